The van der Waals surface area contributed by atoms with Crippen LogP contribution in [0.5, 0.6) is 0 Å². The average Bonchev–Trinajstić information content (AvgIpc) is 2.39. The first-order valence-corrected chi connectivity index (χ1v) is 7.95. The molecular formula is C14H15ClN2O2S. The van der Waals surface area contributed by atoms with Gasteiger partial charge in [-0.2, -0.15) is 4.94 Å². The summed E-state index contributed by atoms with van der Waals surface area (Å²) in [4.78, 5) is 4.04. The number of rotatable bonds is 4. The lowest BCUT2D eigenvalue weighted by Crippen LogP contribution is -2.39. The number of halogens is 1. The van der Waals surface area contributed by atoms with E-state index in [0.29, 0.717) is 5.57 Å². The van der Waals surface area contributed by atoms with E-state index in [9.17, 15) is 8.42 Å². The predicted molar refractivity (Wildman–Crippen MR) is 82.1 cm³/mol. The summed E-state index contributed by atoms with van der Waals surface area (Å²) >= 11 is 5.24. The number of hydrazine groups is 1. The van der Waals surface area contributed by atoms with Crippen LogP contribution in [0, 0.1) is 0 Å². The average molecular weight is 311 g/mol. The standard InChI is InChI=1S/C14H15ClN2O2S/c1-11-7-8-14(20(18,19)17-16-15)13(9-11)10-12-5-3-2-4-6-12/h2-10,14,16-17H,1H3/b13-10+. The van der Waals surface area contributed by atoms with Gasteiger partial charge >= 0.3 is 0 Å². The van der Waals surface area contributed by atoms with E-state index in [1.807, 2.05) is 54.4 Å². The normalized spacial score (nSPS) is 21.0. The van der Waals surface area contributed by atoms with Crippen LogP contribution in [0.2, 0.25) is 0 Å². The molecule has 0 heterocycles. The lowest BCUT2D eigenvalue weighted by atomic mass is 10.00. The highest BCUT2D eigenvalue weighted by Crippen LogP contribution is 2.24. The van der Waals surface area contributed by atoms with Gasteiger partial charge < -0.3 is 0 Å². The Kier molecular flexibility index (Phi) is 4.77. The molecule has 1 aromatic rings. The summed E-state index contributed by atoms with van der Waals surface area (Å²) < 4.78 is 24.2. The zero-order chi connectivity index (χ0) is 14.6. The minimum absolute atomic E-state index is 0.690. The van der Waals surface area contributed by atoms with Gasteiger partial charge in [0.1, 0.15) is 5.25 Å². The second-order valence-corrected chi connectivity index (χ2v) is 6.46. The quantitative estimate of drug-likeness (QED) is 0.664. The number of nitrogens with one attached hydrogen (secondary N) is 2. The van der Waals surface area contributed by atoms with Crippen LogP contribution in [0.15, 0.2) is 59.7 Å². The second kappa shape index (κ2) is 6.37. The van der Waals surface area contributed by atoms with Crippen LogP contribution in [0.1, 0.15) is 12.5 Å². The van der Waals surface area contributed by atoms with Crippen molar-refractivity contribution in [1.82, 2.24) is 9.78 Å². The summed E-state index contributed by atoms with van der Waals surface area (Å²) in [7, 11) is -3.62. The summed E-state index contributed by atoms with van der Waals surface area (Å²) in [6.45, 7) is 1.92. The molecule has 1 aliphatic carbocycles. The van der Waals surface area contributed by atoms with Crippen molar-refractivity contribution >= 4 is 27.9 Å². The van der Waals surface area contributed by atoms with Crippen LogP contribution in [0.4, 0.5) is 0 Å². The third-order valence-electron chi connectivity index (χ3n) is 2.90. The SMILES string of the molecule is CC1=C/C(=C\c2ccccc2)C(S(=O)(=O)NNCl)C=C1. The van der Waals surface area contributed by atoms with E-state index in [2.05, 4.69) is 4.83 Å². The number of hydrogen-bond acceptors (Lipinski definition) is 3. The van der Waals surface area contributed by atoms with Crippen molar-refractivity contribution in [3.63, 3.8) is 0 Å². The molecule has 0 aliphatic heterocycles. The van der Waals surface area contributed by atoms with E-state index in [1.165, 1.54) is 0 Å². The molecule has 0 saturated carbocycles. The van der Waals surface area contributed by atoms with Crippen LogP contribution in [-0.2, 0) is 10.0 Å². The Bertz CT molecular complexity index is 664. The molecule has 0 saturated heterocycles. The molecule has 20 heavy (non-hydrogen) atoms. The first-order valence-electron chi connectivity index (χ1n) is 6.02. The van der Waals surface area contributed by atoms with Gasteiger partial charge in [-0.15, -0.1) is 4.83 Å². The van der Waals surface area contributed by atoms with Gasteiger partial charge in [0.2, 0.25) is 10.0 Å². The Morgan fingerprint density at radius 1 is 1.25 bits per heavy atom. The number of hydrogen-bond donors (Lipinski definition) is 2. The molecule has 1 aromatic carbocycles. The molecule has 0 amide bonds. The maximum atomic E-state index is 12.1. The highest BCUT2D eigenvalue weighted by molar-refractivity contribution is 7.90. The van der Waals surface area contributed by atoms with Crippen molar-refractivity contribution in [1.29, 1.82) is 0 Å². The molecule has 2 rings (SSSR count). The molecule has 1 aliphatic rings. The van der Waals surface area contributed by atoms with Crippen LogP contribution < -0.4 is 9.78 Å². The Balaban J connectivity index is 2.42. The Hall–Kier alpha value is -1.40. The lowest BCUT2D eigenvalue weighted by molar-refractivity contribution is 0.576. The smallest absolute Gasteiger partial charge is 0.210 e. The Labute approximate surface area is 124 Å². The molecule has 2 N–H and O–H groups in total. The maximum absolute atomic E-state index is 12.1. The second-order valence-electron chi connectivity index (χ2n) is 4.46. The van der Waals surface area contributed by atoms with Crippen LogP contribution in [0.25, 0.3) is 6.08 Å². The molecule has 0 aromatic heterocycles. The summed E-state index contributed by atoms with van der Waals surface area (Å²) in [6.07, 6.45) is 7.12. The summed E-state index contributed by atoms with van der Waals surface area (Å²) in [5, 5.41) is -0.780. The summed E-state index contributed by atoms with van der Waals surface area (Å²) in [5.41, 5.74) is 2.63. The lowest BCUT2D eigenvalue weighted by Gasteiger charge is -2.19. The van der Waals surface area contributed by atoms with E-state index in [-0.39, 0.29) is 0 Å². The third-order valence-corrected chi connectivity index (χ3v) is 4.60. The van der Waals surface area contributed by atoms with Crippen molar-refractivity contribution in [2.75, 3.05) is 0 Å². The summed E-state index contributed by atoms with van der Waals surface area (Å²) in [6, 6.07) is 9.57. The fourth-order valence-corrected chi connectivity index (χ4v) is 3.35. The van der Waals surface area contributed by atoms with Crippen molar-refractivity contribution in [2.24, 2.45) is 0 Å². The molecule has 0 bridgehead atoms. The van der Waals surface area contributed by atoms with Gasteiger partial charge in [-0.05, 0) is 29.8 Å². The first-order chi connectivity index (χ1) is 9.53. The topological polar surface area (TPSA) is 58.2 Å². The van der Waals surface area contributed by atoms with Gasteiger partial charge in [0, 0.05) is 0 Å². The highest BCUT2D eigenvalue weighted by Gasteiger charge is 2.27. The third kappa shape index (κ3) is 3.58. The van der Waals surface area contributed by atoms with E-state index in [4.69, 9.17) is 11.8 Å². The van der Waals surface area contributed by atoms with Gasteiger partial charge in [-0.3, -0.25) is 0 Å². The van der Waals surface area contributed by atoms with E-state index in [1.54, 1.807) is 12.2 Å². The number of allylic oxidation sites excluding steroid dienone is 3. The molecule has 0 spiro atoms. The Morgan fingerprint density at radius 2 is 1.95 bits per heavy atom. The van der Waals surface area contributed by atoms with Gasteiger partial charge in [0.25, 0.3) is 0 Å². The molecule has 0 fully saturated rings. The van der Waals surface area contributed by atoms with Gasteiger partial charge in [-0.1, -0.05) is 60.2 Å². The van der Waals surface area contributed by atoms with Crippen LogP contribution in [-0.4, -0.2) is 13.7 Å². The van der Waals surface area contributed by atoms with Crippen LogP contribution >= 0.6 is 11.8 Å². The number of sulfonamides is 1. The number of benzene rings is 1. The molecule has 106 valence electrons. The minimum atomic E-state index is -3.62. The fourth-order valence-electron chi connectivity index (χ4n) is 2.01. The van der Waals surface area contributed by atoms with Crippen LogP contribution in [0.3, 0.4) is 0 Å². The monoisotopic (exact) mass is 310 g/mol. The summed E-state index contributed by atoms with van der Waals surface area (Å²) in [5.74, 6) is 0. The Morgan fingerprint density at radius 3 is 2.60 bits per heavy atom. The molecular weight excluding hydrogens is 296 g/mol. The first kappa shape index (κ1) is 15.0. The van der Waals surface area contributed by atoms with Crippen molar-refractivity contribution in [2.45, 2.75) is 12.2 Å². The largest absolute Gasteiger partial charge is 0.236 e. The molecule has 1 unspecified atom stereocenters. The highest BCUT2D eigenvalue weighted by atomic mass is 35.5. The zero-order valence-electron chi connectivity index (χ0n) is 10.9. The zero-order valence-corrected chi connectivity index (χ0v) is 12.4. The van der Waals surface area contributed by atoms with Crippen molar-refractivity contribution in [3.05, 3.63) is 65.3 Å². The minimum Gasteiger partial charge on any atom is -0.210 e. The van der Waals surface area contributed by atoms with E-state index >= 15 is 0 Å². The van der Waals surface area contributed by atoms with Gasteiger partial charge in [0.05, 0.1) is 0 Å². The fraction of sp³-hybridized carbons (Fsp3) is 0.143. The molecule has 6 heteroatoms. The molecule has 0 radical (unpaired) electrons. The predicted octanol–water partition coefficient (Wildman–Crippen LogP) is 2.53. The van der Waals surface area contributed by atoms with Crippen molar-refractivity contribution < 1.29 is 8.42 Å². The van der Waals surface area contributed by atoms with Gasteiger partial charge in [-0.25, -0.2) is 8.42 Å². The van der Waals surface area contributed by atoms with E-state index in [0.717, 1.165) is 11.1 Å². The van der Waals surface area contributed by atoms with E-state index < -0.39 is 15.3 Å². The molecule has 4 nitrogen and oxygen atoms in total. The maximum Gasteiger partial charge on any atom is 0.236 e. The van der Waals surface area contributed by atoms with Crippen molar-refractivity contribution in [3.8, 4) is 0 Å². The van der Waals surface area contributed by atoms with Gasteiger partial charge in [0.15, 0.2) is 0 Å². The molecule has 1 atom stereocenters.